The van der Waals surface area contributed by atoms with Gasteiger partial charge < -0.3 is 9.64 Å². The zero-order chi connectivity index (χ0) is 25.4. The lowest BCUT2D eigenvalue weighted by molar-refractivity contribution is 0.156. The fourth-order valence-electron chi connectivity index (χ4n) is 5.44. The first-order valence-corrected chi connectivity index (χ1v) is 13.7. The standard InChI is InChI=1S/C26H36N8OS/c1-7-19(8-2)32-9-10-33(17(5)13-32)21-12-27-26(36-21)24-22(16(3)4)23(30-31-24)18-11-20(35-6)25-28-15-29-34(25)14-18/h11-12,14-17,19H,7-10,13H2,1-6H3,(H,30,31)/t17-/m1/s1. The van der Waals surface area contributed by atoms with Gasteiger partial charge in [0.15, 0.2) is 11.4 Å². The van der Waals surface area contributed by atoms with Gasteiger partial charge in [-0.25, -0.2) is 14.5 Å². The van der Waals surface area contributed by atoms with Crippen LogP contribution < -0.4 is 9.64 Å². The molecule has 1 fully saturated rings. The largest absolute Gasteiger partial charge is 0.493 e. The number of anilines is 1. The number of piperazine rings is 1. The number of hydrogen-bond acceptors (Lipinski definition) is 8. The molecule has 4 aromatic heterocycles. The maximum absolute atomic E-state index is 5.58. The molecule has 1 atom stereocenters. The number of fused-ring (bicyclic) bond motifs is 1. The van der Waals surface area contributed by atoms with Crippen molar-refractivity contribution in [1.82, 2.24) is 34.7 Å². The Morgan fingerprint density at radius 3 is 2.69 bits per heavy atom. The molecule has 1 N–H and O–H groups in total. The summed E-state index contributed by atoms with van der Waals surface area (Å²) in [5.74, 6) is 0.920. The molecular formula is C26H36N8OS. The van der Waals surface area contributed by atoms with E-state index in [0.717, 1.165) is 47.2 Å². The molecule has 0 amide bonds. The third kappa shape index (κ3) is 4.37. The van der Waals surface area contributed by atoms with Gasteiger partial charge in [-0.15, -0.1) is 0 Å². The fourth-order valence-corrected chi connectivity index (χ4v) is 6.49. The maximum atomic E-state index is 5.58. The van der Waals surface area contributed by atoms with E-state index in [1.54, 1.807) is 23.0 Å². The van der Waals surface area contributed by atoms with Gasteiger partial charge in [0, 0.05) is 49.0 Å². The molecule has 36 heavy (non-hydrogen) atoms. The molecule has 1 aliphatic heterocycles. The first-order chi connectivity index (χ1) is 17.4. The number of methoxy groups -OCH3 is 1. The Balaban J connectivity index is 1.45. The monoisotopic (exact) mass is 508 g/mol. The van der Waals surface area contributed by atoms with Crippen LogP contribution in [0, 0.1) is 0 Å². The van der Waals surface area contributed by atoms with E-state index < -0.39 is 0 Å². The third-order valence-electron chi connectivity index (χ3n) is 7.32. The number of ether oxygens (including phenoxy) is 1. The summed E-state index contributed by atoms with van der Waals surface area (Å²) in [5.41, 5.74) is 4.63. The van der Waals surface area contributed by atoms with Gasteiger partial charge in [-0.3, -0.25) is 10.00 Å². The molecule has 0 radical (unpaired) electrons. The highest BCUT2D eigenvalue weighted by molar-refractivity contribution is 7.18. The molecule has 0 spiro atoms. The number of rotatable bonds is 8. The Morgan fingerprint density at radius 1 is 1.19 bits per heavy atom. The van der Waals surface area contributed by atoms with E-state index in [2.05, 4.69) is 59.6 Å². The minimum absolute atomic E-state index is 0.251. The van der Waals surface area contributed by atoms with Crippen molar-refractivity contribution >= 4 is 22.0 Å². The van der Waals surface area contributed by atoms with Crippen LogP contribution in [0.5, 0.6) is 5.75 Å². The SMILES string of the molecule is CCC(CC)N1CCN(c2cnc(-c3[nH]nc(-c4cc(OC)c5ncnn5c4)c3C(C)C)s2)[C@H](C)C1. The van der Waals surface area contributed by atoms with Gasteiger partial charge in [-0.1, -0.05) is 39.0 Å². The van der Waals surface area contributed by atoms with Crippen LogP contribution in [0.4, 0.5) is 5.00 Å². The Morgan fingerprint density at radius 2 is 2.00 bits per heavy atom. The fraction of sp³-hybridized carbons (Fsp3) is 0.538. The van der Waals surface area contributed by atoms with E-state index in [9.17, 15) is 0 Å². The Labute approximate surface area is 216 Å². The quantitative estimate of drug-likeness (QED) is 0.355. The Kier molecular flexibility index (Phi) is 6.98. The molecule has 0 saturated carbocycles. The first-order valence-electron chi connectivity index (χ1n) is 12.9. The normalized spacial score (nSPS) is 17.1. The van der Waals surface area contributed by atoms with Crippen LogP contribution in [0.25, 0.3) is 27.6 Å². The van der Waals surface area contributed by atoms with Crippen LogP contribution in [-0.2, 0) is 0 Å². The topological polar surface area (TPSA) is 87.5 Å². The second-order valence-electron chi connectivity index (χ2n) is 9.85. The van der Waals surface area contributed by atoms with Gasteiger partial charge in [0.05, 0.1) is 24.7 Å². The molecule has 1 aliphatic rings. The van der Waals surface area contributed by atoms with Gasteiger partial charge in [0.2, 0.25) is 0 Å². The average molecular weight is 509 g/mol. The van der Waals surface area contributed by atoms with Crippen molar-refractivity contribution in [2.45, 2.75) is 65.5 Å². The summed E-state index contributed by atoms with van der Waals surface area (Å²) >= 11 is 1.74. The van der Waals surface area contributed by atoms with Crippen LogP contribution in [0.1, 0.15) is 58.9 Å². The van der Waals surface area contributed by atoms with Crippen LogP contribution in [0.3, 0.4) is 0 Å². The smallest absolute Gasteiger partial charge is 0.197 e. The Hall–Kier alpha value is -2.98. The molecule has 5 heterocycles. The number of aromatic amines is 1. The highest BCUT2D eigenvalue weighted by atomic mass is 32.1. The minimum atomic E-state index is 0.251. The molecule has 0 bridgehead atoms. The summed E-state index contributed by atoms with van der Waals surface area (Å²) < 4.78 is 7.31. The lowest BCUT2D eigenvalue weighted by Crippen LogP contribution is -2.54. The molecule has 1 saturated heterocycles. The number of thiazole rings is 1. The number of nitrogens with zero attached hydrogens (tertiary/aromatic N) is 7. The molecule has 0 aliphatic carbocycles. The van der Waals surface area contributed by atoms with Crippen molar-refractivity contribution in [2.24, 2.45) is 0 Å². The van der Waals surface area contributed by atoms with Crippen LogP contribution in [-0.4, -0.2) is 73.5 Å². The van der Waals surface area contributed by atoms with E-state index in [0.29, 0.717) is 23.5 Å². The van der Waals surface area contributed by atoms with Gasteiger partial charge >= 0.3 is 0 Å². The number of H-pyrrole nitrogens is 1. The third-order valence-corrected chi connectivity index (χ3v) is 8.38. The lowest BCUT2D eigenvalue weighted by atomic mass is 9.97. The van der Waals surface area contributed by atoms with Crippen molar-refractivity contribution in [3.05, 3.63) is 30.4 Å². The van der Waals surface area contributed by atoms with Gasteiger partial charge in [0.1, 0.15) is 16.3 Å². The highest BCUT2D eigenvalue weighted by Crippen LogP contribution is 2.40. The molecule has 10 heteroatoms. The number of pyridine rings is 1. The number of aromatic nitrogens is 6. The van der Waals surface area contributed by atoms with Crippen molar-refractivity contribution in [2.75, 3.05) is 31.6 Å². The zero-order valence-corrected chi connectivity index (χ0v) is 22.8. The van der Waals surface area contributed by atoms with Gasteiger partial charge in [-0.05, 0) is 31.7 Å². The summed E-state index contributed by atoms with van der Waals surface area (Å²) in [6.07, 6.45) is 7.93. The van der Waals surface area contributed by atoms with Crippen LogP contribution in [0.15, 0.2) is 24.8 Å². The van der Waals surface area contributed by atoms with Gasteiger partial charge in [0.25, 0.3) is 0 Å². The van der Waals surface area contributed by atoms with E-state index >= 15 is 0 Å². The molecule has 5 rings (SSSR count). The van der Waals surface area contributed by atoms with Crippen molar-refractivity contribution in [3.8, 4) is 27.7 Å². The molecule has 0 aromatic carbocycles. The summed E-state index contributed by atoms with van der Waals surface area (Å²) in [4.78, 5) is 14.3. The summed E-state index contributed by atoms with van der Waals surface area (Å²) in [6, 6.07) is 3.11. The summed E-state index contributed by atoms with van der Waals surface area (Å²) in [6.45, 7) is 14.5. The number of hydrogen-bond donors (Lipinski definition) is 1. The lowest BCUT2D eigenvalue weighted by Gasteiger charge is -2.43. The molecular weight excluding hydrogens is 472 g/mol. The molecule has 0 unspecified atom stereocenters. The first kappa shape index (κ1) is 24.7. The zero-order valence-electron chi connectivity index (χ0n) is 22.0. The van der Waals surface area contributed by atoms with E-state index in [1.807, 2.05) is 18.5 Å². The molecule has 4 aromatic rings. The van der Waals surface area contributed by atoms with E-state index in [4.69, 9.17) is 14.8 Å². The van der Waals surface area contributed by atoms with Crippen molar-refractivity contribution in [1.29, 1.82) is 0 Å². The summed E-state index contributed by atoms with van der Waals surface area (Å²) in [5, 5.41) is 14.5. The maximum Gasteiger partial charge on any atom is 0.197 e. The van der Waals surface area contributed by atoms with Crippen molar-refractivity contribution < 1.29 is 4.74 Å². The molecule has 9 nitrogen and oxygen atoms in total. The second kappa shape index (κ2) is 10.2. The highest BCUT2D eigenvalue weighted by Gasteiger charge is 2.29. The van der Waals surface area contributed by atoms with Crippen LogP contribution in [0.2, 0.25) is 0 Å². The van der Waals surface area contributed by atoms with Crippen LogP contribution >= 0.6 is 11.3 Å². The predicted octanol–water partition coefficient (Wildman–Crippen LogP) is 5.07. The summed E-state index contributed by atoms with van der Waals surface area (Å²) in [7, 11) is 1.65. The van der Waals surface area contributed by atoms with Gasteiger partial charge in [-0.2, -0.15) is 10.2 Å². The molecule has 192 valence electrons. The van der Waals surface area contributed by atoms with E-state index in [1.165, 1.54) is 24.2 Å². The van der Waals surface area contributed by atoms with E-state index in [-0.39, 0.29) is 5.92 Å². The minimum Gasteiger partial charge on any atom is -0.493 e. The predicted molar refractivity (Wildman–Crippen MR) is 145 cm³/mol. The van der Waals surface area contributed by atoms with Crippen molar-refractivity contribution in [3.63, 3.8) is 0 Å². The Bertz CT molecular complexity index is 1320. The second-order valence-corrected chi connectivity index (χ2v) is 10.9. The average Bonchev–Trinajstić information content (AvgIpc) is 3.63. The number of nitrogens with one attached hydrogen (secondary N) is 1.